The number of piperidine rings is 1. The molecule has 0 aromatic heterocycles. The van der Waals surface area contributed by atoms with Crippen molar-refractivity contribution in [2.75, 3.05) is 26.0 Å². The van der Waals surface area contributed by atoms with E-state index < -0.39 is 10.0 Å². The molecule has 7 heteroatoms. The Bertz CT molecular complexity index is 665. The molecule has 1 aliphatic heterocycles. The molecule has 2 rings (SSSR count). The van der Waals surface area contributed by atoms with Crippen molar-refractivity contribution in [2.24, 2.45) is 0 Å². The summed E-state index contributed by atoms with van der Waals surface area (Å²) in [5.74, 6) is 0.528. The number of amides is 1. The summed E-state index contributed by atoms with van der Waals surface area (Å²) in [5.41, 5.74) is 2.15. The van der Waals surface area contributed by atoms with E-state index in [9.17, 15) is 13.2 Å². The molecule has 23 heavy (non-hydrogen) atoms. The lowest BCUT2D eigenvalue weighted by molar-refractivity contribution is -0.124. The van der Waals surface area contributed by atoms with Gasteiger partial charge in [0.05, 0.1) is 6.26 Å². The van der Waals surface area contributed by atoms with Crippen molar-refractivity contribution < 1.29 is 17.9 Å². The number of nitrogens with zero attached hydrogens (tertiary/aromatic N) is 1. The number of nitrogens with one attached hydrogen (secondary N) is 1. The van der Waals surface area contributed by atoms with Gasteiger partial charge in [0.25, 0.3) is 5.91 Å². The summed E-state index contributed by atoms with van der Waals surface area (Å²) >= 11 is 0. The average molecular weight is 340 g/mol. The van der Waals surface area contributed by atoms with E-state index >= 15 is 0 Å². The zero-order chi connectivity index (χ0) is 17.0. The first kappa shape index (κ1) is 17.7. The molecule has 0 spiro atoms. The van der Waals surface area contributed by atoms with Crippen LogP contribution in [0.1, 0.15) is 24.0 Å². The number of benzene rings is 1. The minimum Gasteiger partial charge on any atom is -0.484 e. The first-order chi connectivity index (χ1) is 10.8. The molecule has 1 fully saturated rings. The molecule has 0 atom stereocenters. The molecule has 1 amide bonds. The SMILES string of the molecule is Cc1ccc(OCC(=O)NC2CCN(S(C)(=O)=O)CC2)c(C)c1. The van der Waals surface area contributed by atoms with Gasteiger partial charge < -0.3 is 10.1 Å². The lowest BCUT2D eigenvalue weighted by atomic mass is 10.1. The van der Waals surface area contributed by atoms with Crippen molar-refractivity contribution >= 4 is 15.9 Å². The monoisotopic (exact) mass is 340 g/mol. The molecule has 128 valence electrons. The Kier molecular flexibility index (Phi) is 5.64. The van der Waals surface area contributed by atoms with E-state index in [1.54, 1.807) is 0 Å². The number of sulfonamides is 1. The van der Waals surface area contributed by atoms with Gasteiger partial charge in [-0.3, -0.25) is 4.79 Å². The van der Waals surface area contributed by atoms with E-state index in [4.69, 9.17) is 4.74 Å². The molecule has 1 aliphatic rings. The van der Waals surface area contributed by atoms with E-state index in [2.05, 4.69) is 5.32 Å². The van der Waals surface area contributed by atoms with Gasteiger partial charge in [0.15, 0.2) is 6.61 Å². The van der Waals surface area contributed by atoms with Crippen molar-refractivity contribution in [1.82, 2.24) is 9.62 Å². The Hall–Kier alpha value is -1.60. The summed E-state index contributed by atoms with van der Waals surface area (Å²) in [7, 11) is -3.14. The topological polar surface area (TPSA) is 75.7 Å². The Balaban J connectivity index is 1.78. The Morgan fingerprint density at radius 3 is 2.52 bits per heavy atom. The van der Waals surface area contributed by atoms with E-state index in [-0.39, 0.29) is 18.6 Å². The maximum atomic E-state index is 12.0. The van der Waals surface area contributed by atoms with Crippen LogP contribution in [-0.2, 0) is 14.8 Å². The number of hydrogen-bond acceptors (Lipinski definition) is 4. The van der Waals surface area contributed by atoms with E-state index in [1.807, 2.05) is 32.0 Å². The van der Waals surface area contributed by atoms with Gasteiger partial charge in [-0.2, -0.15) is 0 Å². The zero-order valence-electron chi connectivity index (χ0n) is 13.8. The summed E-state index contributed by atoms with van der Waals surface area (Å²) in [6, 6.07) is 5.82. The van der Waals surface area contributed by atoms with Gasteiger partial charge in [-0.1, -0.05) is 17.7 Å². The lowest BCUT2D eigenvalue weighted by Crippen LogP contribution is -2.47. The zero-order valence-corrected chi connectivity index (χ0v) is 14.6. The minimum absolute atomic E-state index is 0.00298. The van der Waals surface area contributed by atoms with Crippen molar-refractivity contribution in [3.8, 4) is 5.75 Å². The van der Waals surface area contributed by atoms with Crippen LogP contribution < -0.4 is 10.1 Å². The predicted octanol–water partition coefficient (Wildman–Crippen LogP) is 1.22. The fourth-order valence-electron chi connectivity index (χ4n) is 2.71. The lowest BCUT2D eigenvalue weighted by Gasteiger charge is -2.30. The molecule has 0 bridgehead atoms. The average Bonchev–Trinajstić information content (AvgIpc) is 2.46. The number of carbonyl (C=O) groups is 1. The van der Waals surface area contributed by atoms with Crippen molar-refractivity contribution in [1.29, 1.82) is 0 Å². The Morgan fingerprint density at radius 2 is 1.96 bits per heavy atom. The first-order valence-electron chi connectivity index (χ1n) is 7.70. The summed E-state index contributed by atoms with van der Waals surface area (Å²) in [6.07, 6.45) is 2.47. The van der Waals surface area contributed by atoms with Crippen LogP contribution in [0.2, 0.25) is 0 Å². The molecule has 0 aliphatic carbocycles. The van der Waals surface area contributed by atoms with Gasteiger partial charge in [0, 0.05) is 19.1 Å². The maximum Gasteiger partial charge on any atom is 0.258 e. The van der Waals surface area contributed by atoms with E-state index in [0.717, 1.165) is 11.1 Å². The second-order valence-electron chi connectivity index (χ2n) is 6.06. The molecule has 1 aromatic carbocycles. The van der Waals surface area contributed by atoms with Crippen LogP contribution in [0.5, 0.6) is 5.75 Å². The fraction of sp³-hybridized carbons (Fsp3) is 0.562. The summed E-state index contributed by atoms with van der Waals surface area (Å²) in [5, 5.41) is 2.91. The molecule has 1 saturated heterocycles. The molecular weight excluding hydrogens is 316 g/mol. The summed E-state index contributed by atoms with van der Waals surface area (Å²) in [4.78, 5) is 12.0. The van der Waals surface area contributed by atoms with Gasteiger partial charge >= 0.3 is 0 Å². The van der Waals surface area contributed by atoms with Gasteiger partial charge in [-0.25, -0.2) is 12.7 Å². The second kappa shape index (κ2) is 7.31. The van der Waals surface area contributed by atoms with Crippen LogP contribution in [0.3, 0.4) is 0 Å². The highest BCUT2D eigenvalue weighted by molar-refractivity contribution is 7.88. The third kappa shape index (κ3) is 5.21. The number of carbonyl (C=O) groups excluding carboxylic acids is 1. The predicted molar refractivity (Wildman–Crippen MR) is 89.0 cm³/mol. The van der Waals surface area contributed by atoms with Crippen LogP contribution >= 0.6 is 0 Å². The van der Waals surface area contributed by atoms with Gasteiger partial charge in [-0.15, -0.1) is 0 Å². The molecule has 1 N–H and O–H groups in total. The smallest absolute Gasteiger partial charge is 0.258 e. The molecular formula is C16H24N2O4S. The summed E-state index contributed by atoms with van der Waals surface area (Å²) < 4.78 is 29.9. The van der Waals surface area contributed by atoms with Crippen molar-refractivity contribution in [3.05, 3.63) is 29.3 Å². The quantitative estimate of drug-likeness (QED) is 0.874. The third-order valence-corrected chi connectivity index (χ3v) is 5.28. The molecule has 0 unspecified atom stereocenters. The third-order valence-electron chi connectivity index (χ3n) is 3.98. The van der Waals surface area contributed by atoms with Crippen molar-refractivity contribution in [2.45, 2.75) is 32.7 Å². The molecule has 0 radical (unpaired) electrons. The van der Waals surface area contributed by atoms with E-state index in [0.29, 0.717) is 31.7 Å². The van der Waals surface area contributed by atoms with Crippen LogP contribution in [0.25, 0.3) is 0 Å². The highest BCUT2D eigenvalue weighted by atomic mass is 32.2. The highest BCUT2D eigenvalue weighted by Gasteiger charge is 2.25. The number of hydrogen-bond donors (Lipinski definition) is 1. The maximum absolute atomic E-state index is 12.0. The molecule has 1 heterocycles. The van der Waals surface area contributed by atoms with Crippen LogP contribution in [0, 0.1) is 13.8 Å². The van der Waals surface area contributed by atoms with Gasteiger partial charge in [-0.05, 0) is 38.3 Å². The van der Waals surface area contributed by atoms with Crippen molar-refractivity contribution in [3.63, 3.8) is 0 Å². The van der Waals surface area contributed by atoms with Crippen LogP contribution in [0.15, 0.2) is 18.2 Å². The van der Waals surface area contributed by atoms with Gasteiger partial charge in [0.2, 0.25) is 10.0 Å². The van der Waals surface area contributed by atoms with Crippen LogP contribution in [0.4, 0.5) is 0 Å². The summed E-state index contributed by atoms with van der Waals surface area (Å²) in [6.45, 7) is 4.81. The minimum atomic E-state index is -3.14. The van der Waals surface area contributed by atoms with Crippen LogP contribution in [-0.4, -0.2) is 50.6 Å². The van der Waals surface area contributed by atoms with E-state index in [1.165, 1.54) is 10.6 Å². The molecule has 0 saturated carbocycles. The standard InChI is InChI=1S/C16H24N2O4S/c1-12-4-5-15(13(2)10-12)22-11-16(19)17-14-6-8-18(9-7-14)23(3,20)21/h4-5,10,14H,6-9,11H2,1-3H3,(H,17,19). The molecule has 6 nitrogen and oxygen atoms in total. The number of rotatable bonds is 5. The fourth-order valence-corrected chi connectivity index (χ4v) is 3.58. The highest BCUT2D eigenvalue weighted by Crippen LogP contribution is 2.18. The van der Waals surface area contributed by atoms with Gasteiger partial charge in [0.1, 0.15) is 5.75 Å². The first-order valence-corrected chi connectivity index (χ1v) is 9.55. The largest absolute Gasteiger partial charge is 0.484 e. The number of ether oxygens (including phenoxy) is 1. The normalized spacial score (nSPS) is 17.0. The Labute approximate surface area is 137 Å². The second-order valence-corrected chi connectivity index (χ2v) is 8.04. The Morgan fingerprint density at radius 1 is 1.30 bits per heavy atom. The number of aryl methyl sites for hydroxylation is 2. The molecule has 1 aromatic rings.